The number of aliphatic carboxylic acids is 1. The highest BCUT2D eigenvalue weighted by Gasteiger charge is 2.30. The van der Waals surface area contributed by atoms with Gasteiger partial charge in [-0.1, -0.05) is 12.8 Å². The second-order valence-corrected chi connectivity index (χ2v) is 3.00. The van der Waals surface area contributed by atoms with Crippen molar-refractivity contribution in [1.82, 2.24) is 0 Å². The highest BCUT2D eigenvalue weighted by Crippen LogP contribution is 2.26. The predicted octanol–water partition coefficient (Wildman–Crippen LogP) is 1.28. The number of carboxylic acid groups (broad SMARTS) is 1. The number of carbonyl (C=O) groups is 1. The van der Waals surface area contributed by atoms with Crippen LogP contribution in [0.1, 0.15) is 25.7 Å². The molecule has 1 N–H and O–H groups in total. The highest BCUT2D eigenvalue weighted by atomic mass is 16.5. The van der Waals surface area contributed by atoms with E-state index in [4.69, 9.17) is 9.84 Å². The number of rotatable bonds is 2. The zero-order valence-corrected chi connectivity index (χ0v) is 6.75. The van der Waals surface area contributed by atoms with Crippen LogP contribution in [0, 0.1) is 5.92 Å². The molecule has 0 aromatic carbocycles. The third kappa shape index (κ3) is 1.93. The van der Waals surface area contributed by atoms with Crippen molar-refractivity contribution in [2.45, 2.75) is 31.8 Å². The zero-order valence-electron chi connectivity index (χ0n) is 6.75. The molecule has 0 saturated heterocycles. The summed E-state index contributed by atoms with van der Waals surface area (Å²) in [5.41, 5.74) is 0. The molecule has 0 aromatic rings. The molecule has 1 aliphatic rings. The Bertz CT molecular complexity index is 144. The predicted molar refractivity (Wildman–Crippen MR) is 40.4 cm³/mol. The Balaban J connectivity index is 2.51. The number of methoxy groups -OCH3 is 1. The average Bonchev–Trinajstić information content (AvgIpc) is 2.04. The third-order valence-corrected chi connectivity index (χ3v) is 2.32. The summed E-state index contributed by atoms with van der Waals surface area (Å²) in [5.74, 6) is -0.981. The smallest absolute Gasteiger partial charge is 0.309 e. The fourth-order valence-corrected chi connectivity index (χ4v) is 1.66. The molecule has 0 heterocycles. The first-order valence-electron chi connectivity index (χ1n) is 4.01. The standard InChI is InChI=1S/C8H14O3/c1-11-7-5-3-2-4-6(7)8(9)10/h6-7H,2-5H2,1H3,(H,9,10)/t6-,7+/m0/s1. The number of hydrogen-bond acceptors (Lipinski definition) is 2. The van der Waals surface area contributed by atoms with Crippen LogP contribution in [0.5, 0.6) is 0 Å². The molecule has 0 aliphatic heterocycles. The topological polar surface area (TPSA) is 46.5 Å². The lowest BCUT2D eigenvalue weighted by atomic mass is 9.86. The fourth-order valence-electron chi connectivity index (χ4n) is 1.66. The summed E-state index contributed by atoms with van der Waals surface area (Å²) in [7, 11) is 1.59. The van der Waals surface area contributed by atoms with Gasteiger partial charge < -0.3 is 9.84 Å². The Morgan fingerprint density at radius 3 is 2.55 bits per heavy atom. The zero-order chi connectivity index (χ0) is 8.27. The molecule has 0 radical (unpaired) electrons. The lowest BCUT2D eigenvalue weighted by Gasteiger charge is -2.26. The molecule has 1 aliphatic carbocycles. The third-order valence-electron chi connectivity index (χ3n) is 2.32. The molecule has 11 heavy (non-hydrogen) atoms. The van der Waals surface area contributed by atoms with E-state index in [1.165, 1.54) is 0 Å². The first-order chi connectivity index (χ1) is 5.25. The minimum atomic E-state index is -0.712. The van der Waals surface area contributed by atoms with Crippen LogP contribution in [0.25, 0.3) is 0 Å². The van der Waals surface area contributed by atoms with E-state index >= 15 is 0 Å². The Morgan fingerprint density at radius 1 is 1.45 bits per heavy atom. The Hall–Kier alpha value is -0.570. The van der Waals surface area contributed by atoms with Crippen molar-refractivity contribution in [2.24, 2.45) is 5.92 Å². The molecule has 0 amide bonds. The highest BCUT2D eigenvalue weighted by molar-refractivity contribution is 5.70. The normalized spacial score (nSPS) is 31.7. The molecule has 1 fully saturated rings. The van der Waals surface area contributed by atoms with Crippen molar-refractivity contribution in [2.75, 3.05) is 7.11 Å². The van der Waals surface area contributed by atoms with Crippen molar-refractivity contribution < 1.29 is 14.6 Å². The van der Waals surface area contributed by atoms with Gasteiger partial charge in [-0.2, -0.15) is 0 Å². The van der Waals surface area contributed by atoms with E-state index in [1.54, 1.807) is 7.11 Å². The van der Waals surface area contributed by atoms with Crippen LogP contribution in [0.4, 0.5) is 0 Å². The Labute approximate surface area is 66.4 Å². The largest absolute Gasteiger partial charge is 0.481 e. The molecule has 3 heteroatoms. The van der Waals surface area contributed by atoms with Crippen LogP contribution in [0.2, 0.25) is 0 Å². The lowest BCUT2D eigenvalue weighted by molar-refractivity contribution is -0.148. The second kappa shape index (κ2) is 3.72. The van der Waals surface area contributed by atoms with Crippen LogP contribution in [-0.4, -0.2) is 24.3 Å². The van der Waals surface area contributed by atoms with Gasteiger partial charge in [0.15, 0.2) is 0 Å². The number of hydrogen-bond donors (Lipinski definition) is 1. The average molecular weight is 158 g/mol. The van der Waals surface area contributed by atoms with Gasteiger partial charge >= 0.3 is 5.97 Å². The van der Waals surface area contributed by atoms with Gasteiger partial charge in [0.2, 0.25) is 0 Å². The lowest BCUT2D eigenvalue weighted by Crippen LogP contribution is -2.32. The first kappa shape index (κ1) is 8.53. The molecule has 0 unspecified atom stereocenters. The van der Waals surface area contributed by atoms with E-state index in [0.29, 0.717) is 0 Å². The van der Waals surface area contributed by atoms with Gasteiger partial charge in [0, 0.05) is 7.11 Å². The molecule has 1 rings (SSSR count). The molecule has 0 spiro atoms. The van der Waals surface area contributed by atoms with E-state index in [2.05, 4.69) is 0 Å². The SMILES string of the molecule is CO[C@@H]1CCCC[C@@H]1C(=O)O. The summed E-state index contributed by atoms with van der Waals surface area (Å²) in [4.78, 5) is 10.6. The maximum atomic E-state index is 10.6. The van der Waals surface area contributed by atoms with Crippen LogP contribution < -0.4 is 0 Å². The van der Waals surface area contributed by atoms with Crippen LogP contribution in [0.3, 0.4) is 0 Å². The molecule has 2 atom stereocenters. The van der Waals surface area contributed by atoms with E-state index in [0.717, 1.165) is 25.7 Å². The van der Waals surface area contributed by atoms with Gasteiger partial charge in [0.05, 0.1) is 12.0 Å². The summed E-state index contributed by atoms with van der Waals surface area (Å²) >= 11 is 0. The van der Waals surface area contributed by atoms with E-state index in [-0.39, 0.29) is 12.0 Å². The van der Waals surface area contributed by atoms with Gasteiger partial charge in [-0.3, -0.25) is 4.79 Å². The van der Waals surface area contributed by atoms with Gasteiger partial charge in [-0.25, -0.2) is 0 Å². The van der Waals surface area contributed by atoms with Crippen molar-refractivity contribution in [1.29, 1.82) is 0 Å². The van der Waals surface area contributed by atoms with Crippen molar-refractivity contribution in [3.05, 3.63) is 0 Å². The minimum absolute atomic E-state index is 0.0544. The monoisotopic (exact) mass is 158 g/mol. The molecule has 3 nitrogen and oxygen atoms in total. The quantitative estimate of drug-likeness (QED) is 0.658. The summed E-state index contributed by atoms with van der Waals surface area (Å²) in [6.07, 6.45) is 3.74. The van der Waals surface area contributed by atoms with Crippen molar-refractivity contribution in [3.63, 3.8) is 0 Å². The molecular weight excluding hydrogens is 144 g/mol. The Kier molecular flexibility index (Phi) is 2.88. The number of carboxylic acids is 1. The molecule has 64 valence electrons. The van der Waals surface area contributed by atoms with Gasteiger partial charge in [0.1, 0.15) is 0 Å². The summed E-state index contributed by atoms with van der Waals surface area (Å²) in [6.45, 7) is 0. The number of ether oxygens (including phenoxy) is 1. The maximum absolute atomic E-state index is 10.6. The van der Waals surface area contributed by atoms with E-state index in [1.807, 2.05) is 0 Å². The summed E-state index contributed by atoms with van der Waals surface area (Å²) in [5, 5.41) is 8.76. The van der Waals surface area contributed by atoms with Crippen molar-refractivity contribution in [3.8, 4) is 0 Å². The molecule has 0 bridgehead atoms. The minimum Gasteiger partial charge on any atom is -0.481 e. The maximum Gasteiger partial charge on any atom is 0.309 e. The molecule has 1 saturated carbocycles. The van der Waals surface area contributed by atoms with Crippen LogP contribution in [-0.2, 0) is 9.53 Å². The second-order valence-electron chi connectivity index (χ2n) is 3.00. The summed E-state index contributed by atoms with van der Waals surface area (Å²) in [6, 6.07) is 0. The van der Waals surface area contributed by atoms with Crippen LogP contribution in [0.15, 0.2) is 0 Å². The first-order valence-corrected chi connectivity index (χ1v) is 4.01. The molecular formula is C8H14O3. The fraction of sp³-hybridized carbons (Fsp3) is 0.875. The van der Waals surface area contributed by atoms with E-state index in [9.17, 15) is 4.79 Å². The van der Waals surface area contributed by atoms with Gasteiger partial charge in [-0.15, -0.1) is 0 Å². The van der Waals surface area contributed by atoms with Gasteiger partial charge in [-0.05, 0) is 12.8 Å². The van der Waals surface area contributed by atoms with Crippen LogP contribution >= 0.6 is 0 Å². The van der Waals surface area contributed by atoms with Crippen molar-refractivity contribution >= 4 is 5.97 Å². The summed E-state index contributed by atoms with van der Waals surface area (Å²) < 4.78 is 5.08. The molecule has 0 aromatic heterocycles. The Morgan fingerprint density at radius 2 is 2.09 bits per heavy atom. The van der Waals surface area contributed by atoms with E-state index < -0.39 is 5.97 Å². The van der Waals surface area contributed by atoms with Gasteiger partial charge in [0.25, 0.3) is 0 Å².